The number of aryl methyl sites for hydroxylation is 1. The Hall–Kier alpha value is -1.81. The molecule has 2 fully saturated rings. The lowest BCUT2D eigenvalue weighted by molar-refractivity contribution is 0.345. The minimum Gasteiger partial charge on any atom is -0.339 e. The van der Waals surface area contributed by atoms with Gasteiger partial charge in [0.05, 0.1) is 13.0 Å². The number of H-pyrrole nitrogens is 1. The molecule has 148 valence electrons. The molecule has 0 radical (unpaired) electrons. The highest BCUT2D eigenvalue weighted by Crippen LogP contribution is 2.36. The summed E-state index contributed by atoms with van der Waals surface area (Å²) in [6, 6.07) is 0. The lowest BCUT2D eigenvalue weighted by Gasteiger charge is -2.18. The molecule has 0 unspecified atom stereocenters. The summed E-state index contributed by atoms with van der Waals surface area (Å²) in [5.41, 5.74) is 0. The molecular formula is C17H25FN6O2S. The van der Waals surface area contributed by atoms with Gasteiger partial charge in [-0.2, -0.15) is 9.40 Å². The number of hydrogen-bond donors (Lipinski definition) is 1. The second kappa shape index (κ2) is 7.31. The van der Waals surface area contributed by atoms with Crippen LogP contribution in [0.2, 0.25) is 0 Å². The van der Waals surface area contributed by atoms with E-state index in [1.54, 1.807) is 11.6 Å². The van der Waals surface area contributed by atoms with Gasteiger partial charge >= 0.3 is 0 Å². The molecule has 2 aromatic heterocycles. The largest absolute Gasteiger partial charge is 0.339 e. The molecular weight excluding hydrogens is 371 g/mol. The molecule has 1 saturated carbocycles. The normalized spacial score (nSPS) is 25.3. The molecule has 0 bridgehead atoms. The van der Waals surface area contributed by atoms with E-state index in [2.05, 4.69) is 20.2 Å². The van der Waals surface area contributed by atoms with Gasteiger partial charge in [0.25, 0.3) is 10.0 Å². The van der Waals surface area contributed by atoms with E-state index >= 15 is 0 Å². The number of aromatic amines is 1. The number of aromatic nitrogens is 5. The van der Waals surface area contributed by atoms with Gasteiger partial charge in [-0.15, -0.1) is 0 Å². The molecule has 10 heteroatoms. The maximum absolute atomic E-state index is 13.7. The predicted molar refractivity (Wildman–Crippen MR) is 96.4 cm³/mol. The third-order valence-corrected chi connectivity index (χ3v) is 7.45. The maximum atomic E-state index is 13.7. The number of alkyl halides is 1. The standard InChI is InChI=1S/C17H25FN6O2S/c1-23-10-15(19-11-23)27(25,26)24-8-13(7-18)14(9-24)17-20-16(21-22-17)12-5-3-2-4-6-12/h10-14H,2-9H2,1H3,(H,20,21,22)/t13-,14-/m1/s1. The lowest BCUT2D eigenvalue weighted by atomic mass is 9.89. The van der Waals surface area contributed by atoms with Crippen molar-refractivity contribution in [1.82, 2.24) is 29.0 Å². The number of halogens is 1. The SMILES string of the molecule is Cn1cnc(S(=O)(=O)N2C[C@@H](CF)[C@H](c3nc(C4CCCCC4)n[nH]3)C2)c1. The van der Waals surface area contributed by atoms with Gasteiger partial charge in [0, 0.05) is 44.1 Å². The van der Waals surface area contributed by atoms with Gasteiger partial charge < -0.3 is 4.57 Å². The van der Waals surface area contributed by atoms with Gasteiger partial charge in [-0.25, -0.2) is 18.4 Å². The van der Waals surface area contributed by atoms with Crippen molar-refractivity contribution in [2.75, 3.05) is 19.8 Å². The molecule has 1 aliphatic carbocycles. The zero-order chi connectivity index (χ0) is 19.0. The third-order valence-electron chi connectivity index (χ3n) is 5.73. The molecule has 0 amide bonds. The molecule has 0 spiro atoms. The Labute approximate surface area is 158 Å². The monoisotopic (exact) mass is 396 g/mol. The van der Waals surface area contributed by atoms with Crippen molar-refractivity contribution in [2.24, 2.45) is 13.0 Å². The Kier molecular flexibility index (Phi) is 5.02. The highest BCUT2D eigenvalue weighted by molar-refractivity contribution is 7.89. The number of hydrogen-bond acceptors (Lipinski definition) is 5. The van der Waals surface area contributed by atoms with Crippen molar-refractivity contribution in [1.29, 1.82) is 0 Å². The molecule has 1 saturated heterocycles. The number of imidazole rings is 1. The van der Waals surface area contributed by atoms with Crippen molar-refractivity contribution >= 4 is 10.0 Å². The zero-order valence-corrected chi connectivity index (χ0v) is 16.2. The minimum atomic E-state index is -3.74. The van der Waals surface area contributed by atoms with E-state index < -0.39 is 22.6 Å². The first kappa shape index (κ1) is 18.5. The van der Waals surface area contributed by atoms with Crippen molar-refractivity contribution < 1.29 is 12.8 Å². The van der Waals surface area contributed by atoms with Gasteiger partial charge in [0.15, 0.2) is 10.9 Å². The lowest BCUT2D eigenvalue weighted by Crippen LogP contribution is -2.29. The molecule has 8 nitrogen and oxygen atoms in total. The summed E-state index contributed by atoms with van der Waals surface area (Å²) >= 11 is 0. The quantitative estimate of drug-likeness (QED) is 0.833. The van der Waals surface area contributed by atoms with Gasteiger partial charge in [0.1, 0.15) is 5.82 Å². The fourth-order valence-electron chi connectivity index (χ4n) is 4.15. The summed E-state index contributed by atoms with van der Waals surface area (Å²) in [7, 11) is -2.03. The number of nitrogens with one attached hydrogen (secondary N) is 1. The van der Waals surface area contributed by atoms with Gasteiger partial charge in [-0.05, 0) is 12.8 Å². The Morgan fingerprint density at radius 1 is 1.26 bits per heavy atom. The Morgan fingerprint density at radius 2 is 2.04 bits per heavy atom. The summed E-state index contributed by atoms with van der Waals surface area (Å²) in [5.74, 6) is 0.974. The van der Waals surface area contributed by atoms with Crippen LogP contribution in [0.3, 0.4) is 0 Å². The number of sulfonamides is 1. The van der Waals surface area contributed by atoms with Crippen LogP contribution in [0.25, 0.3) is 0 Å². The van der Waals surface area contributed by atoms with Crippen LogP contribution < -0.4 is 0 Å². The van der Waals surface area contributed by atoms with Crippen molar-refractivity contribution in [2.45, 2.75) is 49.0 Å². The zero-order valence-electron chi connectivity index (χ0n) is 15.4. The molecule has 3 heterocycles. The first-order valence-electron chi connectivity index (χ1n) is 9.45. The highest BCUT2D eigenvalue weighted by atomic mass is 32.2. The second-order valence-electron chi connectivity index (χ2n) is 7.63. The Bertz CT molecular complexity index is 889. The fourth-order valence-corrected chi connectivity index (χ4v) is 5.63. The van der Waals surface area contributed by atoms with Crippen LogP contribution in [0.1, 0.15) is 55.6 Å². The molecule has 2 atom stereocenters. The van der Waals surface area contributed by atoms with E-state index in [1.165, 1.54) is 36.1 Å². The average Bonchev–Trinajstić information content (AvgIpc) is 3.41. The van der Waals surface area contributed by atoms with Gasteiger partial charge in [-0.1, -0.05) is 19.3 Å². The molecule has 2 aliphatic rings. The average molecular weight is 396 g/mol. The van der Waals surface area contributed by atoms with Gasteiger partial charge in [0.2, 0.25) is 0 Å². The van der Waals surface area contributed by atoms with Gasteiger partial charge in [-0.3, -0.25) is 9.49 Å². The molecule has 2 aromatic rings. The summed E-state index contributed by atoms with van der Waals surface area (Å²) in [6.07, 6.45) is 8.68. The second-order valence-corrected chi connectivity index (χ2v) is 9.52. The van der Waals surface area contributed by atoms with Crippen molar-refractivity contribution in [3.63, 3.8) is 0 Å². The van der Waals surface area contributed by atoms with E-state index in [-0.39, 0.29) is 24.0 Å². The molecule has 0 aromatic carbocycles. The predicted octanol–water partition coefficient (Wildman–Crippen LogP) is 1.96. The van der Waals surface area contributed by atoms with Crippen LogP contribution in [-0.2, 0) is 17.1 Å². The first-order valence-corrected chi connectivity index (χ1v) is 10.9. The maximum Gasteiger partial charge on any atom is 0.262 e. The highest BCUT2D eigenvalue weighted by Gasteiger charge is 2.42. The van der Waals surface area contributed by atoms with Crippen molar-refractivity contribution in [3.05, 3.63) is 24.2 Å². The van der Waals surface area contributed by atoms with Crippen LogP contribution in [0.5, 0.6) is 0 Å². The topological polar surface area (TPSA) is 96.8 Å². The Balaban J connectivity index is 1.54. The third kappa shape index (κ3) is 3.52. The van der Waals surface area contributed by atoms with Crippen LogP contribution >= 0.6 is 0 Å². The molecule has 1 N–H and O–H groups in total. The number of nitrogens with zero attached hydrogens (tertiary/aromatic N) is 5. The van der Waals surface area contributed by atoms with Crippen LogP contribution in [0, 0.1) is 5.92 Å². The van der Waals surface area contributed by atoms with Crippen LogP contribution in [0.15, 0.2) is 17.6 Å². The van der Waals surface area contributed by atoms with E-state index in [0.717, 1.165) is 18.7 Å². The fraction of sp³-hybridized carbons (Fsp3) is 0.706. The van der Waals surface area contributed by atoms with E-state index in [0.29, 0.717) is 11.7 Å². The first-order chi connectivity index (χ1) is 13.0. The summed E-state index contributed by atoms with van der Waals surface area (Å²) < 4.78 is 42.2. The van der Waals surface area contributed by atoms with E-state index in [1.807, 2.05) is 0 Å². The van der Waals surface area contributed by atoms with E-state index in [9.17, 15) is 12.8 Å². The molecule has 27 heavy (non-hydrogen) atoms. The Morgan fingerprint density at radius 3 is 2.70 bits per heavy atom. The summed E-state index contributed by atoms with van der Waals surface area (Å²) in [6.45, 7) is -0.287. The van der Waals surface area contributed by atoms with Crippen molar-refractivity contribution in [3.8, 4) is 0 Å². The summed E-state index contributed by atoms with van der Waals surface area (Å²) in [5, 5.41) is 7.31. The van der Waals surface area contributed by atoms with E-state index in [4.69, 9.17) is 0 Å². The molecule has 4 rings (SSSR count). The minimum absolute atomic E-state index is 0.0104. The smallest absolute Gasteiger partial charge is 0.262 e. The van der Waals surface area contributed by atoms with Crippen LogP contribution in [-0.4, -0.2) is 57.2 Å². The number of rotatable bonds is 5. The van der Waals surface area contributed by atoms with Crippen LogP contribution in [0.4, 0.5) is 4.39 Å². The molecule has 1 aliphatic heterocycles. The summed E-state index contributed by atoms with van der Waals surface area (Å²) in [4.78, 5) is 8.58.